The molecule has 2 heterocycles. The first-order valence-electron chi connectivity index (χ1n) is 17.1. The Kier molecular flexibility index (Phi) is 7.18. The van der Waals surface area contributed by atoms with Gasteiger partial charge in [0.2, 0.25) is 5.89 Å². The summed E-state index contributed by atoms with van der Waals surface area (Å²) in [7, 11) is 0. The van der Waals surface area contributed by atoms with Gasteiger partial charge < -0.3 is 8.83 Å². The second-order valence-corrected chi connectivity index (χ2v) is 14.0. The molecule has 7 aromatic carbocycles. The van der Waals surface area contributed by atoms with Crippen molar-refractivity contribution in [1.29, 1.82) is 0 Å². The minimum atomic E-state index is -0.271. The number of furan rings is 1. The average molecular weight is 665 g/mol. The van der Waals surface area contributed by atoms with Crippen LogP contribution in [0.3, 0.4) is 0 Å². The van der Waals surface area contributed by atoms with Crippen LogP contribution < -0.4 is 0 Å². The molecule has 0 radical (unpaired) electrons. The third-order valence-corrected chi connectivity index (χ3v) is 9.63. The average Bonchev–Trinajstić information content (AvgIpc) is 3.76. The van der Waals surface area contributed by atoms with Crippen molar-refractivity contribution in [2.45, 2.75) is 26.2 Å². The van der Waals surface area contributed by atoms with E-state index in [0.717, 1.165) is 77.5 Å². The molecule has 0 aliphatic carbocycles. The molecule has 0 saturated heterocycles. The van der Waals surface area contributed by atoms with Gasteiger partial charge in [0.05, 0.1) is 11.3 Å². The van der Waals surface area contributed by atoms with Crippen molar-refractivity contribution in [3.63, 3.8) is 0 Å². The van der Waals surface area contributed by atoms with E-state index in [1.165, 1.54) is 17.5 Å². The van der Waals surface area contributed by atoms with Crippen LogP contribution in [-0.4, -0.2) is 11.2 Å². The molecular formula is C46H33FN2O2. The summed E-state index contributed by atoms with van der Waals surface area (Å²) in [5.41, 5.74) is 10.2. The third kappa shape index (κ3) is 5.38. The molecule has 0 spiro atoms. The Balaban J connectivity index is 1.24. The van der Waals surface area contributed by atoms with Gasteiger partial charge >= 0.3 is 0 Å². The lowest BCUT2D eigenvalue weighted by Crippen LogP contribution is -2.11. The van der Waals surface area contributed by atoms with E-state index in [9.17, 15) is 4.39 Å². The number of aromatic nitrogens is 1. The Morgan fingerprint density at radius 1 is 0.627 bits per heavy atom. The Bertz CT molecular complexity index is 2790. The first-order valence-corrected chi connectivity index (χ1v) is 17.1. The van der Waals surface area contributed by atoms with E-state index < -0.39 is 0 Å². The summed E-state index contributed by atoms with van der Waals surface area (Å²) in [5.74, 6) is 0.222. The molecule has 9 rings (SSSR count). The molecule has 0 amide bonds. The van der Waals surface area contributed by atoms with Crippen LogP contribution in [0.4, 0.5) is 10.1 Å². The fourth-order valence-corrected chi connectivity index (χ4v) is 6.96. The SMILES string of the molecule is CC(C)(C)c1cc(-c2ccc(-c3ccc(F)cc3)c3c2oc2ccccc23)c2nc(-c3ccccc3N=Cc3cccc4ccccc34)oc2c1. The third-order valence-electron chi connectivity index (χ3n) is 9.63. The number of oxazole rings is 1. The minimum Gasteiger partial charge on any atom is -0.455 e. The number of aliphatic imine (C=N–C) groups is 1. The molecule has 0 unspecified atom stereocenters. The number of para-hydroxylation sites is 2. The molecule has 5 heteroatoms. The molecule has 0 aliphatic rings. The number of hydrogen-bond acceptors (Lipinski definition) is 4. The van der Waals surface area contributed by atoms with Crippen LogP contribution in [0.1, 0.15) is 31.9 Å². The molecule has 0 saturated carbocycles. The second-order valence-electron chi connectivity index (χ2n) is 14.0. The Hall–Kier alpha value is -6.33. The van der Waals surface area contributed by atoms with E-state index in [0.29, 0.717) is 11.5 Å². The van der Waals surface area contributed by atoms with Gasteiger partial charge in [0.15, 0.2) is 5.58 Å². The standard InChI is InChI=1S/C46H33FN2O2/c1-46(2,3)31-25-38(35-24-23-34(29-19-21-32(47)22-20-29)42-37-16-7-9-18-40(37)50-44(35)42)43-41(26-31)51-45(49-43)36-15-6-8-17-39(36)48-27-30-13-10-12-28-11-4-5-14-33(28)30/h4-27H,1-3H3. The highest BCUT2D eigenvalue weighted by molar-refractivity contribution is 6.17. The predicted octanol–water partition coefficient (Wildman–Crippen LogP) is 13.1. The molecule has 0 aliphatic heterocycles. The minimum absolute atomic E-state index is 0.169. The van der Waals surface area contributed by atoms with E-state index >= 15 is 0 Å². The Morgan fingerprint density at radius 3 is 2.20 bits per heavy atom. The fraction of sp³-hybridized carbons (Fsp3) is 0.0870. The maximum atomic E-state index is 14.0. The zero-order valence-electron chi connectivity index (χ0n) is 28.4. The van der Waals surface area contributed by atoms with Gasteiger partial charge in [-0.1, -0.05) is 112 Å². The van der Waals surface area contributed by atoms with Gasteiger partial charge in [0.25, 0.3) is 0 Å². The smallest absolute Gasteiger partial charge is 0.229 e. The molecule has 0 N–H and O–H groups in total. The summed E-state index contributed by atoms with van der Waals surface area (Å²) in [6.45, 7) is 6.59. The van der Waals surface area contributed by atoms with Crippen LogP contribution >= 0.6 is 0 Å². The van der Waals surface area contributed by atoms with Crippen molar-refractivity contribution in [2.24, 2.45) is 4.99 Å². The van der Waals surface area contributed by atoms with Crippen molar-refractivity contribution in [1.82, 2.24) is 4.98 Å². The summed E-state index contributed by atoms with van der Waals surface area (Å²) in [6, 6.07) is 45.6. The largest absolute Gasteiger partial charge is 0.455 e. The van der Waals surface area contributed by atoms with Gasteiger partial charge in [-0.05, 0) is 81.4 Å². The molecular weight excluding hydrogens is 632 g/mol. The Labute approximate surface area is 294 Å². The molecule has 51 heavy (non-hydrogen) atoms. The van der Waals surface area contributed by atoms with Crippen molar-refractivity contribution in [3.05, 3.63) is 156 Å². The quantitative estimate of drug-likeness (QED) is 0.172. The molecule has 0 fully saturated rings. The van der Waals surface area contributed by atoms with E-state index in [1.54, 1.807) is 0 Å². The van der Waals surface area contributed by atoms with Gasteiger partial charge in [-0.2, -0.15) is 0 Å². The first kappa shape index (κ1) is 30.7. The van der Waals surface area contributed by atoms with Gasteiger partial charge in [-0.3, -0.25) is 4.99 Å². The van der Waals surface area contributed by atoms with E-state index in [-0.39, 0.29) is 11.2 Å². The van der Waals surface area contributed by atoms with Crippen LogP contribution in [0.15, 0.2) is 153 Å². The highest BCUT2D eigenvalue weighted by Gasteiger charge is 2.24. The number of rotatable bonds is 5. The molecule has 9 aromatic rings. The lowest BCUT2D eigenvalue weighted by molar-refractivity contribution is 0.584. The molecule has 4 nitrogen and oxygen atoms in total. The van der Waals surface area contributed by atoms with Crippen molar-refractivity contribution >= 4 is 55.7 Å². The van der Waals surface area contributed by atoms with E-state index in [4.69, 9.17) is 18.8 Å². The summed E-state index contributed by atoms with van der Waals surface area (Å²) < 4.78 is 27.3. The number of benzene rings is 7. The molecule has 0 bridgehead atoms. The maximum Gasteiger partial charge on any atom is 0.229 e. The number of nitrogens with zero attached hydrogens (tertiary/aromatic N) is 2. The molecule has 2 aromatic heterocycles. The van der Waals surface area contributed by atoms with Crippen LogP contribution in [-0.2, 0) is 5.41 Å². The van der Waals surface area contributed by atoms with Gasteiger partial charge in [0, 0.05) is 33.7 Å². The second kappa shape index (κ2) is 11.9. The zero-order valence-corrected chi connectivity index (χ0v) is 28.4. The van der Waals surface area contributed by atoms with E-state index in [2.05, 4.69) is 81.4 Å². The summed E-state index contributed by atoms with van der Waals surface area (Å²) in [4.78, 5) is 10.1. The van der Waals surface area contributed by atoms with Gasteiger partial charge in [0.1, 0.15) is 22.5 Å². The highest BCUT2D eigenvalue weighted by Crippen LogP contribution is 2.45. The predicted molar refractivity (Wildman–Crippen MR) is 207 cm³/mol. The van der Waals surface area contributed by atoms with Gasteiger partial charge in [-0.25, -0.2) is 9.37 Å². The fourth-order valence-electron chi connectivity index (χ4n) is 6.96. The normalized spacial score (nSPS) is 12.2. The topological polar surface area (TPSA) is 51.5 Å². The Morgan fingerprint density at radius 2 is 1.35 bits per heavy atom. The van der Waals surface area contributed by atoms with Crippen LogP contribution in [0.2, 0.25) is 0 Å². The number of fused-ring (bicyclic) bond motifs is 5. The van der Waals surface area contributed by atoms with Crippen molar-refractivity contribution in [3.8, 4) is 33.7 Å². The lowest BCUT2D eigenvalue weighted by Gasteiger charge is -2.20. The van der Waals surface area contributed by atoms with Crippen LogP contribution in [0, 0.1) is 5.82 Å². The van der Waals surface area contributed by atoms with Crippen LogP contribution in [0.5, 0.6) is 0 Å². The van der Waals surface area contributed by atoms with E-state index in [1.807, 2.05) is 72.9 Å². The number of halogens is 1. The van der Waals surface area contributed by atoms with Gasteiger partial charge in [-0.15, -0.1) is 0 Å². The molecule has 0 atom stereocenters. The van der Waals surface area contributed by atoms with Crippen molar-refractivity contribution in [2.75, 3.05) is 0 Å². The summed E-state index contributed by atoms with van der Waals surface area (Å²) in [6.07, 6.45) is 1.91. The first-order chi connectivity index (χ1) is 24.8. The lowest BCUT2D eigenvalue weighted by atomic mass is 9.84. The summed E-state index contributed by atoms with van der Waals surface area (Å²) in [5, 5.41) is 4.28. The monoisotopic (exact) mass is 664 g/mol. The summed E-state index contributed by atoms with van der Waals surface area (Å²) >= 11 is 0. The maximum absolute atomic E-state index is 14.0. The highest BCUT2D eigenvalue weighted by atomic mass is 19.1. The van der Waals surface area contributed by atoms with Crippen LogP contribution in [0.25, 0.3) is 77.5 Å². The zero-order chi connectivity index (χ0) is 34.7. The van der Waals surface area contributed by atoms with Crippen molar-refractivity contribution < 1.29 is 13.2 Å². The number of hydrogen-bond donors (Lipinski definition) is 0. The molecule has 246 valence electrons.